The van der Waals surface area contributed by atoms with Gasteiger partial charge in [-0.05, 0) is 72.1 Å². The van der Waals surface area contributed by atoms with E-state index in [0.29, 0.717) is 5.75 Å². The Morgan fingerprint density at radius 1 is 1.14 bits per heavy atom. The van der Waals surface area contributed by atoms with Crippen LogP contribution in [0, 0.1) is 13.8 Å². The first-order valence-electron chi connectivity index (χ1n) is 6.76. The standard InChI is InChI=1S/C17H18BrNO2/c1-11-8-12(2)10-14(9-11)21-13(3)17(20)19-16-7-5-4-6-15(16)18/h4-10,13H,1-3H3,(H,19,20)/t13-/m1/s1. The maximum absolute atomic E-state index is 12.2. The number of benzene rings is 2. The number of anilines is 1. The van der Waals surface area contributed by atoms with Gasteiger partial charge < -0.3 is 10.1 Å². The summed E-state index contributed by atoms with van der Waals surface area (Å²) in [5.41, 5.74) is 2.96. The van der Waals surface area contributed by atoms with Gasteiger partial charge in [0.1, 0.15) is 5.75 Å². The largest absolute Gasteiger partial charge is 0.481 e. The second-order valence-corrected chi connectivity index (χ2v) is 5.91. The fourth-order valence-electron chi connectivity index (χ4n) is 2.06. The van der Waals surface area contributed by atoms with Crippen LogP contribution in [0.2, 0.25) is 0 Å². The Morgan fingerprint density at radius 2 is 1.76 bits per heavy atom. The molecule has 0 fully saturated rings. The third kappa shape index (κ3) is 4.33. The Morgan fingerprint density at radius 3 is 2.38 bits per heavy atom. The van der Waals surface area contributed by atoms with Crippen molar-refractivity contribution >= 4 is 27.5 Å². The van der Waals surface area contributed by atoms with Crippen LogP contribution < -0.4 is 10.1 Å². The minimum Gasteiger partial charge on any atom is -0.481 e. The molecule has 2 aromatic carbocycles. The predicted octanol–water partition coefficient (Wildman–Crippen LogP) is 4.47. The molecular weight excluding hydrogens is 330 g/mol. The van der Waals surface area contributed by atoms with E-state index in [1.165, 1.54) is 0 Å². The molecule has 0 spiro atoms. The minimum atomic E-state index is -0.571. The normalized spacial score (nSPS) is 11.8. The van der Waals surface area contributed by atoms with Crippen LogP contribution in [-0.4, -0.2) is 12.0 Å². The topological polar surface area (TPSA) is 38.3 Å². The molecule has 0 heterocycles. The molecule has 110 valence electrons. The number of aryl methyl sites for hydroxylation is 2. The zero-order valence-corrected chi connectivity index (χ0v) is 13.9. The van der Waals surface area contributed by atoms with Gasteiger partial charge in [0.05, 0.1) is 5.69 Å². The Balaban J connectivity index is 2.04. The molecule has 0 saturated carbocycles. The van der Waals surface area contributed by atoms with Crippen molar-refractivity contribution < 1.29 is 9.53 Å². The number of ether oxygens (including phenoxy) is 1. The Kier molecular flexibility index (Phi) is 5.02. The van der Waals surface area contributed by atoms with Crippen molar-refractivity contribution in [1.29, 1.82) is 0 Å². The summed E-state index contributed by atoms with van der Waals surface area (Å²) >= 11 is 3.40. The third-order valence-electron chi connectivity index (χ3n) is 3.01. The molecule has 2 rings (SSSR count). The molecule has 2 aromatic rings. The number of carbonyl (C=O) groups is 1. The molecule has 0 radical (unpaired) electrons. The minimum absolute atomic E-state index is 0.180. The van der Waals surface area contributed by atoms with Gasteiger partial charge in [-0.1, -0.05) is 18.2 Å². The van der Waals surface area contributed by atoms with Crippen molar-refractivity contribution in [2.45, 2.75) is 26.9 Å². The van der Waals surface area contributed by atoms with E-state index in [4.69, 9.17) is 4.74 Å². The number of halogens is 1. The molecule has 0 aliphatic heterocycles. The molecule has 0 unspecified atom stereocenters. The lowest BCUT2D eigenvalue weighted by atomic mass is 10.1. The summed E-state index contributed by atoms with van der Waals surface area (Å²) in [7, 11) is 0. The van der Waals surface area contributed by atoms with Crippen LogP contribution in [-0.2, 0) is 4.79 Å². The smallest absolute Gasteiger partial charge is 0.265 e. The summed E-state index contributed by atoms with van der Waals surface area (Å²) in [6, 6.07) is 13.4. The van der Waals surface area contributed by atoms with Crippen LogP contribution >= 0.6 is 15.9 Å². The lowest BCUT2D eigenvalue weighted by molar-refractivity contribution is -0.122. The first-order chi connectivity index (χ1) is 9.95. The predicted molar refractivity (Wildman–Crippen MR) is 88.8 cm³/mol. The molecule has 1 atom stereocenters. The van der Waals surface area contributed by atoms with Crippen molar-refractivity contribution in [3.63, 3.8) is 0 Å². The number of rotatable bonds is 4. The molecule has 0 aromatic heterocycles. The third-order valence-corrected chi connectivity index (χ3v) is 3.70. The zero-order valence-electron chi connectivity index (χ0n) is 12.3. The van der Waals surface area contributed by atoms with Crippen molar-refractivity contribution in [3.8, 4) is 5.75 Å². The van der Waals surface area contributed by atoms with E-state index < -0.39 is 6.10 Å². The number of hydrogen-bond acceptors (Lipinski definition) is 2. The average molecular weight is 348 g/mol. The number of carbonyl (C=O) groups excluding carboxylic acids is 1. The van der Waals surface area contributed by atoms with Crippen molar-refractivity contribution in [1.82, 2.24) is 0 Å². The van der Waals surface area contributed by atoms with E-state index in [1.807, 2.05) is 50.2 Å². The maximum atomic E-state index is 12.2. The van der Waals surface area contributed by atoms with Crippen molar-refractivity contribution in [2.75, 3.05) is 5.32 Å². The molecule has 0 saturated heterocycles. The van der Waals surface area contributed by atoms with Gasteiger partial charge in [-0.15, -0.1) is 0 Å². The average Bonchev–Trinajstić information content (AvgIpc) is 2.40. The highest BCUT2D eigenvalue weighted by Crippen LogP contribution is 2.22. The second kappa shape index (κ2) is 6.76. The fourth-order valence-corrected chi connectivity index (χ4v) is 2.44. The first kappa shape index (κ1) is 15.6. The van der Waals surface area contributed by atoms with Gasteiger partial charge in [-0.2, -0.15) is 0 Å². The molecule has 1 N–H and O–H groups in total. The van der Waals surface area contributed by atoms with Gasteiger partial charge >= 0.3 is 0 Å². The summed E-state index contributed by atoms with van der Waals surface area (Å²) in [6.45, 7) is 5.75. The highest BCUT2D eigenvalue weighted by atomic mass is 79.9. The van der Waals surface area contributed by atoms with Crippen LogP contribution in [0.3, 0.4) is 0 Å². The van der Waals surface area contributed by atoms with Gasteiger partial charge in [0.2, 0.25) is 0 Å². The van der Waals surface area contributed by atoms with Crippen LogP contribution in [0.1, 0.15) is 18.1 Å². The van der Waals surface area contributed by atoms with Crippen LogP contribution in [0.5, 0.6) is 5.75 Å². The van der Waals surface area contributed by atoms with E-state index in [9.17, 15) is 4.79 Å². The summed E-state index contributed by atoms with van der Waals surface area (Å²) in [6.07, 6.45) is -0.571. The van der Waals surface area contributed by atoms with E-state index >= 15 is 0 Å². The van der Waals surface area contributed by atoms with Gasteiger partial charge in [0, 0.05) is 4.47 Å². The van der Waals surface area contributed by atoms with E-state index in [0.717, 1.165) is 21.3 Å². The maximum Gasteiger partial charge on any atom is 0.265 e. The van der Waals surface area contributed by atoms with Gasteiger partial charge in [-0.3, -0.25) is 4.79 Å². The Labute approximate surface area is 133 Å². The molecule has 0 bridgehead atoms. The van der Waals surface area contributed by atoms with Crippen molar-refractivity contribution in [2.24, 2.45) is 0 Å². The fraction of sp³-hybridized carbons (Fsp3) is 0.235. The second-order valence-electron chi connectivity index (χ2n) is 5.05. The van der Waals surface area contributed by atoms with Gasteiger partial charge in [-0.25, -0.2) is 0 Å². The number of hydrogen-bond donors (Lipinski definition) is 1. The summed E-state index contributed by atoms with van der Waals surface area (Å²) in [5, 5.41) is 2.85. The van der Waals surface area contributed by atoms with Crippen LogP contribution in [0.4, 0.5) is 5.69 Å². The van der Waals surface area contributed by atoms with Gasteiger partial charge in [0.15, 0.2) is 6.10 Å². The highest BCUT2D eigenvalue weighted by molar-refractivity contribution is 9.10. The van der Waals surface area contributed by atoms with E-state index in [1.54, 1.807) is 6.92 Å². The zero-order chi connectivity index (χ0) is 15.4. The lowest BCUT2D eigenvalue weighted by Gasteiger charge is -2.16. The van der Waals surface area contributed by atoms with Crippen LogP contribution in [0.25, 0.3) is 0 Å². The molecule has 0 aliphatic carbocycles. The Hall–Kier alpha value is -1.81. The van der Waals surface area contributed by atoms with Crippen molar-refractivity contribution in [3.05, 3.63) is 58.1 Å². The first-order valence-corrected chi connectivity index (χ1v) is 7.55. The van der Waals surface area contributed by atoms with E-state index in [2.05, 4.69) is 27.3 Å². The lowest BCUT2D eigenvalue weighted by Crippen LogP contribution is -2.30. The summed E-state index contributed by atoms with van der Waals surface area (Å²) in [4.78, 5) is 12.2. The monoisotopic (exact) mass is 347 g/mol. The number of nitrogens with one attached hydrogen (secondary N) is 1. The highest BCUT2D eigenvalue weighted by Gasteiger charge is 2.16. The molecule has 4 heteroatoms. The van der Waals surface area contributed by atoms with Gasteiger partial charge in [0.25, 0.3) is 5.91 Å². The molecule has 1 amide bonds. The SMILES string of the molecule is Cc1cc(C)cc(O[C@H](C)C(=O)Nc2ccccc2Br)c1. The molecule has 21 heavy (non-hydrogen) atoms. The quantitative estimate of drug-likeness (QED) is 0.885. The number of para-hydroxylation sites is 1. The Bertz CT molecular complexity index is 635. The molecule has 0 aliphatic rings. The summed E-state index contributed by atoms with van der Waals surface area (Å²) < 4.78 is 6.57. The molecular formula is C17H18BrNO2. The van der Waals surface area contributed by atoms with E-state index in [-0.39, 0.29) is 5.91 Å². The number of amides is 1. The summed E-state index contributed by atoms with van der Waals surface area (Å²) in [5.74, 6) is 0.531. The van der Waals surface area contributed by atoms with Crippen LogP contribution in [0.15, 0.2) is 46.9 Å². The molecule has 3 nitrogen and oxygen atoms in total.